The van der Waals surface area contributed by atoms with Crippen LogP contribution in [0.4, 0.5) is 19.3 Å². The number of carbonyl (C=O) groups is 2. The van der Waals surface area contributed by atoms with E-state index in [1.807, 2.05) is 0 Å². The van der Waals surface area contributed by atoms with Gasteiger partial charge in [0.1, 0.15) is 17.4 Å². The number of benzene rings is 2. The zero-order chi connectivity index (χ0) is 24.3. The summed E-state index contributed by atoms with van der Waals surface area (Å²) >= 11 is 0. The second-order valence-corrected chi connectivity index (χ2v) is 7.41. The Labute approximate surface area is 187 Å². The lowest BCUT2D eigenvalue weighted by Crippen LogP contribution is -2.36. The average molecular weight is 457 g/mol. The zero-order valence-corrected chi connectivity index (χ0v) is 17.7. The molecule has 0 fully saturated rings. The van der Waals surface area contributed by atoms with Crippen molar-refractivity contribution >= 4 is 17.7 Å². The number of urea groups is 1. The molecule has 4 N–H and O–H groups in total. The van der Waals surface area contributed by atoms with Crippen molar-refractivity contribution in [2.45, 2.75) is 19.4 Å². The number of halogens is 2. The number of hydrogen-bond donors (Lipinski definition) is 4. The SMILES string of the molecule is Cc1cc(O)c(NC(=O)N[C@@H](CC(=O)O)c2cccc(-c3ccc(F)cc3F)c2)c(=O)n1C. The lowest BCUT2D eigenvalue weighted by atomic mass is 9.97. The lowest BCUT2D eigenvalue weighted by Gasteiger charge is -2.19. The molecule has 10 heteroatoms. The van der Waals surface area contributed by atoms with Gasteiger partial charge in [-0.15, -0.1) is 0 Å². The number of aliphatic carboxylic acids is 1. The smallest absolute Gasteiger partial charge is 0.319 e. The van der Waals surface area contributed by atoms with Crippen molar-refractivity contribution in [3.63, 3.8) is 0 Å². The van der Waals surface area contributed by atoms with E-state index in [2.05, 4.69) is 10.6 Å². The molecular weight excluding hydrogens is 436 g/mol. The maximum atomic E-state index is 14.2. The first-order valence-corrected chi connectivity index (χ1v) is 9.81. The molecule has 0 aliphatic carbocycles. The average Bonchev–Trinajstić information content (AvgIpc) is 2.74. The number of anilines is 1. The lowest BCUT2D eigenvalue weighted by molar-refractivity contribution is -0.137. The van der Waals surface area contributed by atoms with Crippen LogP contribution in [0.2, 0.25) is 0 Å². The molecule has 0 unspecified atom stereocenters. The van der Waals surface area contributed by atoms with Gasteiger partial charge in [-0.2, -0.15) is 0 Å². The number of hydrogen-bond acceptors (Lipinski definition) is 4. The van der Waals surface area contributed by atoms with E-state index < -0.39 is 47.4 Å². The number of rotatable bonds is 6. The minimum atomic E-state index is -1.22. The summed E-state index contributed by atoms with van der Waals surface area (Å²) in [6.07, 6.45) is -0.513. The molecule has 0 radical (unpaired) electrons. The molecule has 8 nitrogen and oxygen atoms in total. The van der Waals surface area contributed by atoms with Crippen molar-refractivity contribution in [2.24, 2.45) is 7.05 Å². The molecule has 1 atom stereocenters. The van der Waals surface area contributed by atoms with E-state index in [4.69, 9.17) is 0 Å². The van der Waals surface area contributed by atoms with Crippen LogP contribution in [0, 0.1) is 18.6 Å². The van der Waals surface area contributed by atoms with Crippen LogP contribution in [0.25, 0.3) is 11.1 Å². The van der Waals surface area contributed by atoms with E-state index >= 15 is 0 Å². The fourth-order valence-corrected chi connectivity index (χ4v) is 3.30. The summed E-state index contributed by atoms with van der Waals surface area (Å²) in [5.41, 5.74) is 0.257. The first-order chi connectivity index (χ1) is 15.6. The van der Waals surface area contributed by atoms with E-state index in [1.165, 1.54) is 29.8 Å². The summed E-state index contributed by atoms with van der Waals surface area (Å²) in [5, 5.41) is 24.0. The third-order valence-corrected chi connectivity index (χ3v) is 5.10. The van der Waals surface area contributed by atoms with Gasteiger partial charge in [-0.3, -0.25) is 9.59 Å². The third-order valence-electron chi connectivity index (χ3n) is 5.10. The summed E-state index contributed by atoms with van der Waals surface area (Å²) in [7, 11) is 1.47. The second kappa shape index (κ2) is 9.51. The molecule has 0 saturated heterocycles. The maximum absolute atomic E-state index is 14.2. The number of pyridine rings is 1. The normalized spacial score (nSPS) is 11.6. The predicted molar refractivity (Wildman–Crippen MR) is 117 cm³/mol. The summed E-state index contributed by atoms with van der Waals surface area (Å²) in [6.45, 7) is 1.60. The van der Waals surface area contributed by atoms with Crippen molar-refractivity contribution in [1.29, 1.82) is 0 Å². The molecule has 0 spiro atoms. The maximum Gasteiger partial charge on any atom is 0.319 e. The second-order valence-electron chi connectivity index (χ2n) is 7.41. The molecular formula is C23H21F2N3O5. The van der Waals surface area contributed by atoms with Gasteiger partial charge in [-0.05, 0) is 36.2 Å². The first-order valence-electron chi connectivity index (χ1n) is 9.81. The number of carboxylic acid groups (broad SMARTS) is 1. The predicted octanol–water partition coefficient (Wildman–Crippen LogP) is 3.68. The molecule has 0 bridgehead atoms. The fourth-order valence-electron chi connectivity index (χ4n) is 3.30. The molecule has 2 amide bonds. The van der Waals surface area contributed by atoms with Crippen molar-refractivity contribution < 1.29 is 28.6 Å². The van der Waals surface area contributed by atoms with Crippen molar-refractivity contribution in [2.75, 3.05) is 5.32 Å². The fraction of sp³-hybridized carbons (Fsp3) is 0.174. The number of aromatic hydroxyl groups is 1. The van der Waals surface area contributed by atoms with Gasteiger partial charge in [0.25, 0.3) is 5.56 Å². The minimum absolute atomic E-state index is 0.102. The summed E-state index contributed by atoms with van der Waals surface area (Å²) in [4.78, 5) is 36.3. The third kappa shape index (κ3) is 5.35. The number of carbonyl (C=O) groups excluding carboxylic acids is 1. The van der Waals surface area contributed by atoms with Gasteiger partial charge in [0.2, 0.25) is 0 Å². The standard InChI is InChI=1S/C23H21F2N3O5/c1-12-8-19(29)21(22(32)28(12)2)27-23(33)26-18(11-20(30)31)14-5-3-4-13(9-14)16-7-6-15(24)10-17(16)25/h3-10,18,29H,11H2,1-2H3,(H,30,31)(H2,26,27,33)/t18-/m0/s1. The molecule has 3 aromatic rings. The Kier molecular flexibility index (Phi) is 6.76. The van der Waals surface area contributed by atoms with E-state index in [0.29, 0.717) is 16.8 Å². The van der Waals surface area contributed by atoms with E-state index in [0.717, 1.165) is 12.1 Å². The number of aryl methyl sites for hydroxylation is 1. The Morgan fingerprint density at radius 2 is 1.85 bits per heavy atom. The van der Waals surface area contributed by atoms with Crippen LogP contribution in [-0.2, 0) is 11.8 Å². The van der Waals surface area contributed by atoms with Gasteiger partial charge in [0.15, 0.2) is 5.69 Å². The Hall–Kier alpha value is -4.21. The zero-order valence-electron chi connectivity index (χ0n) is 17.7. The number of nitrogens with one attached hydrogen (secondary N) is 2. The van der Waals surface area contributed by atoms with Crippen LogP contribution in [0.3, 0.4) is 0 Å². The van der Waals surface area contributed by atoms with Gasteiger partial charge in [-0.25, -0.2) is 13.6 Å². The highest BCUT2D eigenvalue weighted by Gasteiger charge is 2.21. The van der Waals surface area contributed by atoms with Crippen molar-refractivity contribution in [1.82, 2.24) is 9.88 Å². The highest BCUT2D eigenvalue weighted by Crippen LogP contribution is 2.28. The Morgan fingerprint density at radius 1 is 1.12 bits per heavy atom. The van der Waals surface area contributed by atoms with E-state index in [1.54, 1.807) is 25.1 Å². The van der Waals surface area contributed by atoms with Gasteiger partial charge < -0.3 is 25.4 Å². The van der Waals surface area contributed by atoms with Gasteiger partial charge in [0.05, 0.1) is 12.5 Å². The van der Waals surface area contributed by atoms with Crippen LogP contribution < -0.4 is 16.2 Å². The quantitative estimate of drug-likeness (QED) is 0.450. The van der Waals surface area contributed by atoms with Crippen molar-refractivity contribution in [3.05, 3.63) is 81.8 Å². The molecule has 3 rings (SSSR count). The monoisotopic (exact) mass is 457 g/mol. The minimum Gasteiger partial charge on any atom is -0.505 e. The highest BCUT2D eigenvalue weighted by atomic mass is 19.1. The molecule has 172 valence electrons. The number of amides is 2. The topological polar surface area (TPSA) is 121 Å². The molecule has 1 heterocycles. The number of carboxylic acids is 1. The number of aromatic nitrogens is 1. The summed E-state index contributed by atoms with van der Waals surface area (Å²) < 4.78 is 28.7. The Balaban J connectivity index is 1.89. The molecule has 0 aliphatic rings. The van der Waals surface area contributed by atoms with Crippen LogP contribution in [-0.4, -0.2) is 26.8 Å². The summed E-state index contributed by atoms with van der Waals surface area (Å²) in [5.74, 6) is -3.18. The molecule has 0 aliphatic heterocycles. The molecule has 0 saturated carbocycles. The van der Waals surface area contributed by atoms with Crippen LogP contribution in [0.1, 0.15) is 23.7 Å². The van der Waals surface area contributed by atoms with E-state index in [-0.39, 0.29) is 11.3 Å². The highest BCUT2D eigenvalue weighted by molar-refractivity contribution is 5.91. The number of nitrogens with zero attached hydrogens (tertiary/aromatic N) is 1. The van der Waals surface area contributed by atoms with Crippen molar-refractivity contribution in [3.8, 4) is 16.9 Å². The largest absolute Gasteiger partial charge is 0.505 e. The Bertz CT molecular complexity index is 1290. The van der Waals surface area contributed by atoms with Crippen LogP contribution in [0.5, 0.6) is 5.75 Å². The van der Waals surface area contributed by atoms with Gasteiger partial charge in [-0.1, -0.05) is 18.2 Å². The Morgan fingerprint density at radius 3 is 2.52 bits per heavy atom. The molecule has 1 aromatic heterocycles. The summed E-state index contributed by atoms with van der Waals surface area (Å²) in [6, 6.07) is 8.54. The molecule has 2 aromatic carbocycles. The van der Waals surface area contributed by atoms with Crippen LogP contribution in [0.15, 0.2) is 53.3 Å². The van der Waals surface area contributed by atoms with Gasteiger partial charge in [0, 0.05) is 30.4 Å². The van der Waals surface area contributed by atoms with E-state index in [9.17, 15) is 33.4 Å². The van der Waals surface area contributed by atoms with Crippen LogP contribution >= 0.6 is 0 Å². The molecule has 33 heavy (non-hydrogen) atoms. The first kappa shape index (κ1) is 23.5. The van der Waals surface area contributed by atoms with Gasteiger partial charge >= 0.3 is 12.0 Å².